The lowest BCUT2D eigenvalue weighted by molar-refractivity contribution is 0.196. The second-order valence-corrected chi connectivity index (χ2v) is 7.33. The summed E-state index contributed by atoms with van der Waals surface area (Å²) in [6.07, 6.45) is 4.77. The molecular formula is C14H16BrClN4O. The van der Waals surface area contributed by atoms with E-state index in [0.717, 1.165) is 59.8 Å². The van der Waals surface area contributed by atoms with E-state index in [4.69, 9.17) is 11.6 Å². The van der Waals surface area contributed by atoms with Gasteiger partial charge in [0.25, 0.3) is 0 Å². The molecule has 21 heavy (non-hydrogen) atoms. The van der Waals surface area contributed by atoms with Gasteiger partial charge in [0, 0.05) is 42.9 Å². The highest BCUT2D eigenvalue weighted by atomic mass is 79.9. The smallest absolute Gasteiger partial charge is 0.317 e. The van der Waals surface area contributed by atoms with Crippen molar-refractivity contribution in [1.82, 2.24) is 15.2 Å². The van der Waals surface area contributed by atoms with Gasteiger partial charge in [-0.1, -0.05) is 11.6 Å². The van der Waals surface area contributed by atoms with Gasteiger partial charge in [-0.2, -0.15) is 0 Å². The van der Waals surface area contributed by atoms with Gasteiger partial charge >= 0.3 is 6.03 Å². The van der Waals surface area contributed by atoms with Gasteiger partial charge in [-0.25, -0.2) is 9.78 Å². The zero-order chi connectivity index (χ0) is 14.6. The molecule has 1 saturated carbocycles. The van der Waals surface area contributed by atoms with Crippen molar-refractivity contribution in [3.05, 3.63) is 21.3 Å². The molecule has 1 aromatic heterocycles. The van der Waals surface area contributed by atoms with Gasteiger partial charge in [0.05, 0.1) is 9.50 Å². The summed E-state index contributed by atoms with van der Waals surface area (Å²) in [6.45, 7) is 2.42. The van der Waals surface area contributed by atoms with Gasteiger partial charge in [-0.3, -0.25) is 0 Å². The standard InChI is InChI=1S/C14H16BrClN4O/c15-9-6-18-12-10(11(9)16)14(7-19-12)2-1-8(5-14)20-4-3-17-13(20)21/h6,8H,1-5,7H2,(H,17,21)(H,18,19)/t8-,14-/m0/s1. The molecule has 3 aliphatic rings. The topological polar surface area (TPSA) is 57.3 Å². The number of urea groups is 1. The number of amides is 2. The van der Waals surface area contributed by atoms with Crippen LogP contribution in [0.25, 0.3) is 0 Å². The van der Waals surface area contributed by atoms with Crippen LogP contribution in [0.3, 0.4) is 0 Å². The van der Waals surface area contributed by atoms with Crippen molar-refractivity contribution in [1.29, 1.82) is 0 Å². The predicted octanol–water partition coefficient (Wildman–Crippen LogP) is 2.74. The van der Waals surface area contributed by atoms with E-state index in [-0.39, 0.29) is 11.4 Å². The van der Waals surface area contributed by atoms with Crippen molar-refractivity contribution in [2.45, 2.75) is 30.7 Å². The third-order valence-corrected chi connectivity index (χ3v) is 6.23. The molecule has 2 aliphatic heterocycles. The van der Waals surface area contributed by atoms with Crippen LogP contribution in [-0.2, 0) is 5.41 Å². The van der Waals surface area contributed by atoms with Crippen LogP contribution in [0, 0.1) is 0 Å². The molecule has 0 radical (unpaired) electrons. The Hall–Kier alpha value is -1.01. The lowest BCUT2D eigenvalue weighted by Gasteiger charge is -2.27. The highest BCUT2D eigenvalue weighted by Crippen LogP contribution is 2.52. The molecule has 2 fully saturated rings. The molecule has 5 nitrogen and oxygen atoms in total. The van der Waals surface area contributed by atoms with Gasteiger partial charge in [0.1, 0.15) is 5.82 Å². The summed E-state index contributed by atoms with van der Waals surface area (Å²) in [5, 5.41) is 7.04. The first-order valence-electron chi connectivity index (χ1n) is 7.23. The van der Waals surface area contributed by atoms with Gasteiger partial charge in [-0.05, 0) is 35.2 Å². The van der Waals surface area contributed by atoms with E-state index < -0.39 is 0 Å². The summed E-state index contributed by atoms with van der Waals surface area (Å²) in [7, 11) is 0. The molecule has 0 aromatic carbocycles. The van der Waals surface area contributed by atoms with E-state index in [1.54, 1.807) is 6.20 Å². The number of nitrogens with zero attached hydrogens (tertiary/aromatic N) is 2. The van der Waals surface area contributed by atoms with Crippen LogP contribution in [0.4, 0.5) is 10.6 Å². The Balaban J connectivity index is 1.67. The Bertz CT molecular complexity index is 625. The number of halogens is 2. The van der Waals surface area contributed by atoms with E-state index in [9.17, 15) is 4.79 Å². The minimum atomic E-state index is 0.0106. The molecule has 7 heteroatoms. The van der Waals surface area contributed by atoms with Crippen molar-refractivity contribution in [2.75, 3.05) is 25.0 Å². The van der Waals surface area contributed by atoms with Gasteiger partial charge in [0.2, 0.25) is 0 Å². The molecule has 0 unspecified atom stereocenters. The highest BCUT2D eigenvalue weighted by molar-refractivity contribution is 9.10. The maximum absolute atomic E-state index is 11.9. The van der Waals surface area contributed by atoms with Crippen LogP contribution in [0.2, 0.25) is 5.02 Å². The van der Waals surface area contributed by atoms with Crippen LogP contribution in [0.15, 0.2) is 10.7 Å². The molecule has 3 heterocycles. The average Bonchev–Trinajstić information content (AvgIpc) is 3.15. The number of carbonyl (C=O) groups is 1. The number of pyridine rings is 1. The maximum Gasteiger partial charge on any atom is 0.317 e. The first kappa shape index (κ1) is 13.6. The summed E-state index contributed by atoms with van der Waals surface area (Å²) in [5.74, 6) is 0.898. The number of anilines is 1. The Labute approximate surface area is 136 Å². The summed E-state index contributed by atoms with van der Waals surface area (Å²) >= 11 is 10.00. The zero-order valence-electron chi connectivity index (χ0n) is 11.5. The number of aromatic nitrogens is 1. The average molecular weight is 372 g/mol. The maximum atomic E-state index is 11.9. The highest BCUT2D eigenvalue weighted by Gasteiger charge is 2.49. The van der Waals surface area contributed by atoms with Crippen LogP contribution in [-0.4, -0.2) is 41.6 Å². The largest absolute Gasteiger partial charge is 0.369 e. The third-order valence-electron chi connectivity index (χ3n) is 5.01. The summed E-state index contributed by atoms with van der Waals surface area (Å²) in [5.41, 5.74) is 1.14. The number of carbonyl (C=O) groups excluding carboxylic acids is 1. The summed E-state index contributed by atoms with van der Waals surface area (Å²) in [6, 6.07) is 0.372. The molecule has 2 atom stereocenters. The number of rotatable bonds is 1. The van der Waals surface area contributed by atoms with Gasteiger partial charge in [0.15, 0.2) is 0 Å². The Morgan fingerprint density at radius 2 is 2.33 bits per heavy atom. The number of hydrogen-bond donors (Lipinski definition) is 2. The third kappa shape index (κ3) is 1.95. The zero-order valence-corrected chi connectivity index (χ0v) is 13.8. The van der Waals surface area contributed by atoms with Gasteiger partial charge < -0.3 is 15.5 Å². The number of hydrogen-bond acceptors (Lipinski definition) is 3. The second-order valence-electron chi connectivity index (χ2n) is 6.10. The quantitative estimate of drug-likeness (QED) is 0.798. The molecule has 1 spiro atoms. The predicted molar refractivity (Wildman–Crippen MR) is 84.9 cm³/mol. The fourth-order valence-corrected chi connectivity index (χ4v) is 4.65. The van der Waals surface area contributed by atoms with Crippen LogP contribution < -0.4 is 10.6 Å². The van der Waals surface area contributed by atoms with Gasteiger partial charge in [-0.15, -0.1) is 0 Å². The van der Waals surface area contributed by atoms with Crippen LogP contribution in [0.5, 0.6) is 0 Å². The first-order valence-corrected chi connectivity index (χ1v) is 8.41. The number of nitrogens with one attached hydrogen (secondary N) is 2. The van der Waals surface area contributed by atoms with Crippen molar-refractivity contribution in [3.8, 4) is 0 Å². The fraction of sp³-hybridized carbons (Fsp3) is 0.571. The lowest BCUT2D eigenvalue weighted by Crippen LogP contribution is -2.38. The molecule has 1 aliphatic carbocycles. The van der Waals surface area contributed by atoms with E-state index >= 15 is 0 Å². The minimum Gasteiger partial charge on any atom is -0.369 e. The Kier molecular flexibility index (Phi) is 3.08. The van der Waals surface area contributed by atoms with Crippen molar-refractivity contribution in [2.24, 2.45) is 0 Å². The SMILES string of the molecule is O=C1NCCN1[C@H]1CC[C@@]2(CNc3ncc(Br)c(Cl)c32)C1. The molecule has 0 bridgehead atoms. The second kappa shape index (κ2) is 4.74. The molecule has 2 amide bonds. The first-order chi connectivity index (χ1) is 10.1. The molecule has 4 rings (SSSR count). The molecule has 1 aromatic rings. The fourth-order valence-electron chi connectivity index (χ4n) is 4.01. The molecule has 1 saturated heterocycles. The van der Waals surface area contributed by atoms with E-state index in [1.807, 2.05) is 4.90 Å². The lowest BCUT2D eigenvalue weighted by atomic mass is 9.81. The van der Waals surface area contributed by atoms with Crippen LogP contribution >= 0.6 is 27.5 Å². The van der Waals surface area contributed by atoms with E-state index in [1.165, 1.54) is 0 Å². The molecular weight excluding hydrogens is 356 g/mol. The number of fused-ring (bicyclic) bond motifs is 2. The van der Waals surface area contributed by atoms with Crippen molar-refractivity contribution >= 4 is 39.4 Å². The normalized spacial score (nSPS) is 30.7. The Morgan fingerprint density at radius 1 is 1.48 bits per heavy atom. The molecule has 112 valence electrons. The monoisotopic (exact) mass is 370 g/mol. The van der Waals surface area contributed by atoms with Crippen molar-refractivity contribution < 1.29 is 4.79 Å². The van der Waals surface area contributed by atoms with Crippen LogP contribution in [0.1, 0.15) is 24.8 Å². The summed E-state index contributed by atoms with van der Waals surface area (Å²) in [4.78, 5) is 18.3. The van der Waals surface area contributed by atoms with E-state index in [2.05, 4.69) is 31.5 Å². The summed E-state index contributed by atoms with van der Waals surface area (Å²) < 4.78 is 0.841. The molecule has 2 N–H and O–H groups in total. The Morgan fingerprint density at radius 3 is 3.10 bits per heavy atom. The van der Waals surface area contributed by atoms with E-state index in [0.29, 0.717) is 6.04 Å². The van der Waals surface area contributed by atoms with Crippen molar-refractivity contribution in [3.63, 3.8) is 0 Å². The minimum absolute atomic E-state index is 0.0106.